The van der Waals surface area contributed by atoms with Crippen molar-refractivity contribution in [3.05, 3.63) is 70.6 Å². The van der Waals surface area contributed by atoms with Crippen molar-refractivity contribution >= 4 is 11.9 Å². The van der Waals surface area contributed by atoms with Crippen LogP contribution in [-0.2, 0) is 0 Å². The van der Waals surface area contributed by atoms with Crippen molar-refractivity contribution in [2.45, 2.75) is 19.1 Å². The SMILES string of the molecule is O=c1ccn(-c2cccc(OC(F)F)c2)nc1C1CC=NN1c1ccc2c(c1)OCCO2. The minimum absolute atomic E-state index is 0.00153. The molecule has 3 aromatic rings. The maximum absolute atomic E-state index is 12.7. The summed E-state index contributed by atoms with van der Waals surface area (Å²) in [6, 6.07) is 12.5. The van der Waals surface area contributed by atoms with Crippen LogP contribution < -0.4 is 24.6 Å². The Bertz CT molecular complexity index is 1230. The summed E-state index contributed by atoms with van der Waals surface area (Å²) >= 11 is 0. The van der Waals surface area contributed by atoms with Crippen molar-refractivity contribution in [2.75, 3.05) is 18.2 Å². The Morgan fingerprint density at radius 2 is 1.88 bits per heavy atom. The molecule has 8 nitrogen and oxygen atoms in total. The van der Waals surface area contributed by atoms with Crippen molar-refractivity contribution in [3.63, 3.8) is 0 Å². The number of benzene rings is 2. The maximum Gasteiger partial charge on any atom is 0.387 e. The Hall–Kier alpha value is -3.95. The van der Waals surface area contributed by atoms with Crippen LogP contribution in [0.3, 0.4) is 0 Å². The molecule has 2 aliphatic rings. The normalized spacial score (nSPS) is 17.1. The molecule has 10 heteroatoms. The molecular weight excluding hydrogens is 422 g/mol. The van der Waals surface area contributed by atoms with Gasteiger partial charge in [-0.15, -0.1) is 0 Å². The Morgan fingerprint density at radius 3 is 2.72 bits per heavy atom. The number of hydrogen-bond acceptors (Lipinski definition) is 7. The highest BCUT2D eigenvalue weighted by molar-refractivity contribution is 5.69. The van der Waals surface area contributed by atoms with E-state index in [1.54, 1.807) is 29.4 Å². The minimum Gasteiger partial charge on any atom is -0.486 e. The van der Waals surface area contributed by atoms with E-state index in [2.05, 4.69) is 14.9 Å². The summed E-state index contributed by atoms with van der Waals surface area (Å²) in [5.74, 6) is 1.27. The maximum atomic E-state index is 12.7. The zero-order valence-electron chi connectivity index (χ0n) is 16.7. The number of nitrogens with zero attached hydrogens (tertiary/aromatic N) is 4. The van der Waals surface area contributed by atoms with Crippen LogP contribution in [0.2, 0.25) is 0 Å². The predicted molar refractivity (Wildman–Crippen MR) is 112 cm³/mol. The molecule has 1 aromatic heterocycles. The molecule has 2 aliphatic heterocycles. The van der Waals surface area contributed by atoms with Crippen LogP contribution in [0, 0.1) is 0 Å². The zero-order chi connectivity index (χ0) is 22.1. The highest BCUT2D eigenvalue weighted by atomic mass is 19.3. The van der Waals surface area contributed by atoms with Crippen LogP contribution >= 0.6 is 0 Å². The highest BCUT2D eigenvalue weighted by Gasteiger charge is 2.29. The van der Waals surface area contributed by atoms with Crippen molar-refractivity contribution in [3.8, 4) is 22.9 Å². The molecule has 0 saturated heterocycles. The first kappa shape index (κ1) is 20.0. The molecule has 0 aliphatic carbocycles. The lowest BCUT2D eigenvalue weighted by Crippen LogP contribution is -2.27. The van der Waals surface area contributed by atoms with Gasteiger partial charge in [0.15, 0.2) is 11.5 Å². The monoisotopic (exact) mass is 440 g/mol. The Labute approximate surface area is 181 Å². The molecule has 1 unspecified atom stereocenters. The van der Waals surface area contributed by atoms with Crippen molar-refractivity contribution in [2.24, 2.45) is 5.10 Å². The second-order valence-corrected chi connectivity index (χ2v) is 7.11. The standard InChI is InChI=1S/C22H18F2N4O4/c23-22(24)32-16-3-1-2-14(12-16)27-9-7-18(29)21(26-27)17-6-8-25-28(17)15-4-5-19-20(13-15)31-11-10-30-19/h1-5,7-9,12-13,17,22H,6,10-11H2. The van der Waals surface area contributed by atoms with Gasteiger partial charge in [-0.05, 0) is 24.3 Å². The summed E-state index contributed by atoms with van der Waals surface area (Å²) in [6.07, 6.45) is 3.68. The second-order valence-electron chi connectivity index (χ2n) is 7.11. The summed E-state index contributed by atoms with van der Waals surface area (Å²) in [7, 11) is 0. The average molecular weight is 440 g/mol. The Kier molecular flexibility index (Phi) is 5.18. The Balaban J connectivity index is 1.48. The van der Waals surface area contributed by atoms with Crippen LogP contribution in [0.1, 0.15) is 18.2 Å². The van der Waals surface area contributed by atoms with E-state index in [1.165, 1.54) is 29.1 Å². The topological polar surface area (TPSA) is 78.2 Å². The number of alkyl halides is 2. The molecule has 0 fully saturated rings. The highest BCUT2D eigenvalue weighted by Crippen LogP contribution is 2.38. The second kappa shape index (κ2) is 8.29. The molecule has 0 spiro atoms. The van der Waals surface area contributed by atoms with Gasteiger partial charge in [0, 0.05) is 37.0 Å². The molecule has 164 valence electrons. The smallest absolute Gasteiger partial charge is 0.387 e. The molecule has 32 heavy (non-hydrogen) atoms. The third kappa shape index (κ3) is 3.86. The van der Waals surface area contributed by atoms with Crippen LogP contribution in [0.15, 0.2) is 64.6 Å². The fraction of sp³-hybridized carbons (Fsp3) is 0.227. The summed E-state index contributed by atoms with van der Waals surface area (Å²) < 4.78 is 42.3. The van der Waals surface area contributed by atoms with Gasteiger partial charge in [-0.3, -0.25) is 9.80 Å². The summed E-state index contributed by atoms with van der Waals surface area (Å²) in [5, 5.41) is 10.6. The lowest BCUT2D eigenvalue weighted by Gasteiger charge is -2.25. The van der Waals surface area contributed by atoms with Gasteiger partial charge in [0.1, 0.15) is 30.7 Å². The predicted octanol–water partition coefficient (Wildman–Crippen LogP) is 3.54. The van der Waals surface area contributed by atoms with Gasteiger partial charge in [0.2, 0.25) is 5.43 Å². The molecule has 5 rings (SSSR count). The molecule has 0 amide bonds. The number of ether oxygens (including phenoxy) is 3. The lowest BCUT2D eigenvalue weighted by molar-refractivity contribution is -0.0498. The molecule has 0 N–H and O–H groups in total. The van der Waals surface area contributed by atoms with Crippen molar-refractivity contribution < 1.29 is 23.0 Å². The third-order valence-electron chi connectivity index (χ3n) is 5.08. The van der Waals surface area contributed by atoms with E-state index in [0.29, 0.717) is 36.8 Å². The van der Waals surface area contributed by atoms with Crippen LogP contribution in [0.25, 0.3) is 5.69 Å². The van der Waals surface area contributed by atoms with Crippen LogP contribution in [0.5, 0.6) is 17.2 Å². The molecule has 1 atom stereocenters. The van der Waals surface area contributed by atoms with E-state index in [0.717, 1.165) is 5.69 Å². The van der Waals surface area contributed by atoms with E-state index in [-0.39, 0.29) is 16.9 Å². The number of rotatable bonds is 5. The number of hydrazone groups is 1. The number of fused-ring (bicyclic) bond motifs is 1. The average Bonchev–Trinajstić information content (AvgIpc) is 3.28. The lowest BCUT2D eigenvalue weighted by atomic mass is 10.1. The van der Waals surface area contributed by atoms with Gasteiger partial charge in [-0.2, -0.15) is 19.0 Å². The first-order chi connectivity index (χ1) is 15.6. The van der Waals surface area contributed by atoms with Crippen LogP contribution in [-0.4, -0.2) is 35.8 Å². The summed E-state index contributed by atoms with van der Waals surface area (Å²) in [6.45, 7) is -1.98. The van der Waals surface area contributed by atoms with Crippen LogP contribution in [0.4, 0.5) is 14.5 Å². The Morgan fingerprint density at radius 1 is 1.03 bits per heavy atom. The van der Waals surface area contributed by atoms with E-state index >= 15 is 0 Å². The molecular formula is C22H18F2N4O4. The molecule has 0 bridgehead atoms. The zero-order valence-corrected chi connectivity index (χ0v) is 16.7. The first-order valence-corrected chi connectivity index (χ1v) is 9.95. The first-order valence-electron chi connectivity index (χ1n) is 9.95. The fourth-order valence-electron chi connectivity index (χ4n) is 3.66. The largest absolute Gasteiger partial charge is 0.486 e. The number of hydrogen-bond donors (Lipinski definition) is 0. The van der Waals surface area contributed by atoms with Gasteiger partial charge in [-0.1, -0.05) is 6.07 Å². The van der Waals surface area contributed by atoms with E-state index in [9.17, 15) is 13.6 Å². The quantitative estimate of drug-likeness (QED) is 0.604. The van der Waals surface area contributed by atoms with Gasteiger partial charge in [0.25, 0.3) is 0 Å². The van der Waals surface area contributed by atoms with E-state index in [1.807, 2.05) is 12.1 Å². The molecule has 0 radical (unpaired) electrons. The van der Waals surface area contributed by atoms with E-state index in [4.69, 9.17) is 9.47 Å². The van der Waals surface area contributed by atoms with Gasteiger partial charge >= 0.3 is 6.61 Å². The van der Waals surface area contributed by atoms with Gasteiger partial charge in [-0.25, -0.2) is 4.68 Å². The number of halogens is 2. The van der Waals surface area contributed by atoms with Crippen molar-refractivity contribution in [1.82, 2.24) is 9.78 Å². The van der Waals surface area contributed by atoms with Gasteiger partial charge in [0.05, 0.1) is 11.4 Å². The van der Waals surface area contributed by atoms with E-state index < -0.39 is 12.7 Å². The fourth-order valence-corrected chi connectivity index (χ4v) is 3.66. The molecule has 3 heterocycles. The summed E-state index contributed by atoms with van der Waals surface area (Å²) in [4.78, 5) is 12.7. The molecule has 0 saturated carbocycles. The van der Waals surface area contributed by atoms with Crippen molar-refractivity contribution in [1.29, 1.82) is 0 Å². The summed E-state index contributed by atoms with van der Waals surface area (Å²) in [5.41, 5.74) is 1.24. The number of aromatic nitrogens is 2. The minimum atomic E-state index is -2.93. The van der Waals surface area contributed by atoms with Gasteiger partial charge < -0.3 is 14.2 Å². The molecule has 2 aromatic carbocycles. The number of anilines is 1. The third-order valence-corrected chi connectivity index (χ3v) is 5.08.